The number of halogens is 3. The van der Waals surface area contributed by atoms with E-state index >= 15 is 0 Å². The highest BCUT2D eigenvalue weighted by Gasteiger charge is 2.51. The van der Waals surface area contributed by atoms with Crippen molar-refractivity contribution >= 4 is 10.0 Å². The standard InChI is InChI=1S/C24H33F3N2O4S/c1-23(2)18-7-6-17(22(23)13-18)15-33-16-20(30)14-28-8-10-29(11-9-28)34(31,32)21-5-3-4-19(12-21)24(25,26)27/h3-6,12,18,20,22,30H,7-11,13-16H2,1-2H3/t18-,20+,22-/m0/s1. The highest BCUT2D eigenvalue weighted by atomic mass is 32.2. The zero-order valence-corrected chi connectivity index (χ0v) is 20.4. The van der Waals surface area contributed by atoms with Crippen molar-refractivity contribution in [2.45, 2.75) is 43.9 Å². The number of benzene rings is 1. The average molecular weight is 503 g/mol. The minimum atomic E-state index is -4.60. The predicted molar refractivity (Wildman–Crippen MR) is 122 cm³/mol. The number of nitrogens with zero attached hydrogens (tertiary/aromatic N) is 2. The lowest BCUT2D eigenvalue weighted by molar-refractivity contribution is -0.137. The van der Waals surface area contributed by atoms with Gasteiger partial charge in [-0.3, -0.25) is 4.90 Å². The summed E-state index contributed by atoms with van der Waals surface area (Å²) >= 11 is 0. The molecule has 1 aromatic rings. The Bertz CT molecular complexity index is 1020. The SMILES string of the molecule is CC1(C)[C@H]2CC=C(COC[C@H](O)CN3CCN(S(=O)(=O)c4cccc(C(F)(F)F)c4)CC3)[C@@H]1C2. The second-order valence-electron chi connectivity index (χ2n) is 10.2. The Hall–Kier alpha value is -1.46. The number of fused-ring (bicyclic) bond motifs is 1. The molecular weight excluding hydrogens is 469 g/mol. The Labute approximate surface area is 199 Å². The molecule has 1 aliphatic heterocycles. The molecule has 0 amide bonds. The smallest absolute Gasteiger partial charge is 0.389 e. The summed E-state index contributed by atoms with van der Waals surface area (Å²) in [5.41, 5.74) is 0.674. The largest absolute Gasteiger partial charge is 0.416 e. The molecule has 1 N–H and O–H groups in total. The monoisotopic (exact) mass is 502 g/mol. The number of hydrogen-bond acceptors (Lipinski definition) is 5. The second-order valence-corrected chi connectivity index (χ2v) is 12.2. The van der Waals surface area contributed by atoms with E-state index in [-0.39, 0.29) is 24.6 Å². The van der Waals surface area contributed by atoms with E-state index in [0.717, 1.165) is 24.5 Å². The summed E-state index contributed by atoms with van der Waals surface area (Å²) in [5.74, 6) is 1.33. The van der Waals surface area contributed by atoms with Gasteiger partial charge in [0, 0.05) is 32.7 Å². The van der Waals surface area contributed by atoms with Gasteiger partial charge in [0.15, 0.2) is 0 Å². The van der Waals surface area contributed by atoms with Gasteiger partial charge in [0.2, 0.25) is 10.0 Å². The number of piperazine rings is 1. The van der Waals surface area contributed by atoms with Crippen LogP contribution >= 0.6 is 0 Å². The summed E-state index contributed by atoms with van der Waals surface area (Å²) in [6.07, 6.45) is -0.706. The van der Waals surface area contributed by atoms with Crippen LogP contribution < -0.4 is 0 Å². The summed E-state index contributed by atoms with van der Waals surface area (Å²) < 4.78 is 71.6. The predicted octanol–water partition coefficient (Wildman–Crippen LogP) is 3.38. The van der Waals surface area contributed by atoms with Crippen molar-refractivity contribution in [3.63, 3.8) is 0 Å². The van der Waals surface area contributed by atoms with Gasteiger partial charge in [0.1, 0.15) is 0 Å². The molecule has 3 atom stereocenters. The number of β-amino-alcohol motifs (C(OH)–C–C–N with tert-alkyl or cyclic N) is 1. The van der Waals surface area contributed by atoms with Crippen LogP contribution in [0, 0.1) is 17.3 Å². The third-order valence-corrected chi connectivity index (χ3v) is 9.66. The Morgan fingerprint density at radius 3 is 2.53 bits per heavy atom. The minimum Gasteiger partial charge on any atom is -0.389 e. The number of rotatable bonds is 8. The normalized spacial score (nSPS) is 26.6. The highest BCUT2D eigenvalue weighted by molar-refractivity contribution is 7.89. The first-order valence-electron chi connectivity index (χ1n) is 11.7. The number of aliphatic hydroxyl groups excluding tert-OH is 1. The molecule has 5 rings (SSSR count). The molecule has 4 aliphatic rings. The molecule has 0 radical (unpaired) electrons. The van der Waals surface area contributed by atoms with Gasteiger partial charge < -0.3 is 9.84 Å². The zero-order valence-electron chi connectivity index (χ0n) is 19.6. The molecule has 1 heterocycles. The van der Waals surface area contributed by atoms with E-state index in [4.69, 9.17) is 4.74 Å². The van der Waals surface area contributed by atoms with E-state index in [9.17, 15) is 26.7 Å². The van der Waals surface area contributed by atoms with E-state index < -0.39 is 27.9 Å². The van der Waals surface area contributed by atoms with Crippen LogP contribution in [0.1, 0.15) is 32.3 Å². The molecule has 1 saturated carbocycles. The molecule has 190 valence electrons. The van der Waals surface area contributed by atoms with Crippen molar-refractivity contribution in [3.05, 3.63) is 41.5 Å². The highest BCUT2D eigenvalue weighted by Crippen LogP contribution is 2.59. The maximum atomic E-state index is 13.0. The maximum absolute atomic E-state index is 13.0. The van der Waals surface area contributed by atoms with Crippen LogP contribution in [0.3, 0.4) is 0 Å². The molecule has 34 heavy (non-hydrogen) atoms. The summed E-state index contributed by atoms with van der Waals surface area (Å²) in [7, 11) is -4.02. The lowest BCUT2D eigenvalue weighted by atomic mass is 9.49. The van der Waals surface area contributed by atoms with Crippen molar-refractivity contribution in [2.24, 2.45) is 17.3 Å². The number of hydrogen-bond donors (Lipinski definition) is 1. The molecule has 2 fully saturated rings. The fourth-order valence-electron chi connectivity index (χ4n) is 5.44. The van der Waals surface area contributed by atoms with Crippen LogP contribution in [0.5, 0.6) is 0 Å². The Kier molecular flexibility index (Phi) is 7.19. The molecule has 0 spiro atoms. The van der Waals surface area contributed by atoms with Gasteiger partial charge in [0.25, 0.3) is 0 Å². The van der Waals surface area contributed by atoms with Gasteiger partial charge in [-0.25, -0.2) is 8.42 Å². The third kappa shape index (κ3) is 5.21. The number of ether oxygens (including phenoxy) is 1. The fourth-order valence-corrected chi connectivity index (χ4v) is 6.91. The van der Waals surface area contributed by atoms with Crippen molar-refractivity contribution in [1.82, 2.24) is 9.21 Å². The molecular formula is C24H33F3N2O4S. The molecule has 3 aliphatic carbocycles. The van der Waals surface area contributed by atoms with Crippen LogP contribution in [-0.4, -0.2) is 74.8 Å². The van der Waals surface area contributed by atoms with Crippen LogP contribution in [-0.2, 0) is 20.9 Å². The lowest BCUT2D eigenvalue weighted by Crippen LogP contribution is -2.50. The molecule has 1 aromatic carbocycles. The number of sulfonamides is 1. The molecule has 0 unspecified atom stereocenters. The van der Waals surface area contributed by atoms with Gasteiger partial charge in [-0.2, -0.15) is 17.5 Å². The first kappa shape index (κ1) is 25.6. The van der Waals surface area contributed by atoms with Crippen LogP contribution in [0.2, 0.25) is 0 Å². The number of alkyl halides is 3. The molecule has 10 heteroatoms. The van der Waals surface area contributed by atoms with E-state index in [1.165, 1.54) is 22.4 Å². The quantitative estimate of drug-likeness (QED) is 0.552. The van der Waals surface area contributed by atoms with Crippen LogP contribution in [0.4, 0.5) is 13.2 Å². The second kappa shape index (κ2) is 9.54. The molecule has 6 nitrogen and oxygen atoms in total. The van der Waals surface area contributed by atoms with E-state index in [0.29, 0.717) is 43.6 Å². The lowest BCUT2D eigenvalue weighted by Gasteiger charge is -2.56. The summed E-state index contributed by atoms with van der Waals surface area (Å²) in [6.45, 7) is 6.77. The van der Waals surface area contributed by atoms with E-state index in [2.05, 4.69) is 19.9 Å². The van der Waals surface area contributed by atoms with Crippen LogP contribution in [0.25, 0.3) is 0 Å². The van der Waals surface area contributed by atoms with Crippen molar-refractivity contribution in [1.29, 1.82) is 0 Å². The fraction of sp³-hybridized carbons (Fsp3) is 0.667. The minimum absolute atomic E-state index is 0.150. The van der Waals surface area contributed by atoms with Gasteiger partial charge in [-0.15, -0.1) is 0 Å². The zero-order chi connectivity index (χ0) is 24.7. The molecule has 1 saturated heterocycles. The van der Waals surface area contributed by atoms with Crippen LogP contribution in [0.15, 0.2) is 40.8 Å². The van der Waals surface area contributed by atoms with Gasteiger partial charge >= 0.3 is 6.18 Å². The summed E-state index contributed by atoms with van der Waals surface area (Å²) in [4.78, 5) is 1.59. The van der Waals surface area contributed by atoms with Gasteiger partial charge in [0.05, 0.1) is 29.8 Å². The topological polar surface area (TPSA) is 70.1 Å². The molecule has 2 bridgehead atoms. The van der Waals surface area contributed by atoms with Crippen molar-refractivity contribution in [2.75, 3.05) is 45.9 Å². The van der Waals surface area contributed by atoms with Crippen molar-refractivity contribution in [3.8, 4) is 0 Å². The molecule has 0 aromatic heterocycles. The van der Waals surface area contributed by atoms with Crippen molar-refractivity contribution < 1.29 is 31.4 Å². The average Bonchev–Trinajstić information content (AvgIpc) is 2.79. The first-order valence-corrected chi connectivity index (χ1v) is 13.2. The number of aliphatic hydroxyl groups is 1. The number of allylic oxidation sites excluding steroid dienone is 1. The first-order chi connectivity index (χ1) is 15.9. The van der Waals surface area contributed by atoms with E-state index in [1.54, 1.807) is 0 Å². The van der Waals surface area contributed by atoms with Gasteiger partial charge in [-0.1, -0.05) is 26.0 Å². The summed E-state index contributed by atoms with van der Waals surface area (Å²) in [5, 5.41) is 10.4. The van der Waals surface area contributed by atoms with Gasteiger partial charge in [-0.05, 0) is 53.9 Å². The van der Waals surface area contributed by atoms with E-state index in [1.807, 2.05) is 4.90 Å². The Balaban J connectivity index is 1.23. The maximum Gasteiger partial charge on any atom is 0.416 e. The summed E-state index contributed by atoms with van der Waals surface area (Å²) in [6, 6.07) is 3.82. The Morgan fingerprint density at radius 2 is 1.91 bits per heavy atom. The Morgan fingerprint density at radius 1 is 1.21 bits per heavy atom. The third-order valence-electron chi connectivity index (χ3n) is 7.76.